The number of benzene rings is 2. The number of ketones is 1. The van der Waals surface area contributed by atoms with Crippen molar-refractivity contribution in [3.8, 4) is 0 Å². The fourth-order valence-corrected chi connectivity index (χ4v) is 2.01. The van der Waals surface area contributed by atoms with Gasteiger partial charge in [-0.05, 0) is 37.3 Å². The van der Waals surface area contributed by atoms with Crippen LogP contribution in [-0.4, -0.2) is 17.8 Å². The van der Waals surface area contributed by atoms with E-state index in [1.807, 2.05) is 0 Å². The maximum atomic E-state index is 13.3. The van der Waals surface area contributed by atoms with Crippen LogP contribution in [0.15, 0.2) is 42.5 Å². The Balaban J connectivity index is 2.47. The molecule has 0 amide bonds. The zero-order valence-electron chi connectivity index (χ0n) is 11.5. The highest BCUT2D eigenvalue weighted by Crippen LogP contribution is 2.29. The summed E-state index contributed by atoms with van der Waals surface area (Å²) < 4.78 is 13.3. The number of carbonyl (C=O) groups excluding carboxylic acids is 1. The number of rotatable bonds is 4. The third-order valence-corrected chi connectivity index (χ3v) is 3.14. The molecule has 0 radical (unpaired) electrons. The van der Waals surface area contributed by atoms with Gasteiger partial charge in [-0.15, -0.1) is 0 Å². The molecule has 0 heterocycles. The highest BCUT2D eigenvalue weighted by Gasteiger charge is 2.19. The lowest BCUT2D eigenvalue weighted by atomic mass is 10.1. The summed E-state index contributed by atoms with van der Waals surface area (Å²) >= 11 is 0. The molecule has 0 spiro atoms. The Kier molecular flexibility index (Phi) is 3.98. The van der Waals surface area contributed by atoms with Gasteiger partial charge in [-0.1, -0.05) is 6.07 Å². The average Bonchev–Trinajstić information content (AvgIpc) is 2.45. The first kappa shape index (κ1) is 14.6. The smallest absolute Gasteiger partial charge is 0.280 e. The molecule has 2 rings (SSSR count). The van der Waals surface area contributed by atoms with Crippen molar-refractivity contribution in [1.82, 2.24) is 0 Å². The number of Topliss-reactive ketones (excluding diaryl/α,β-unsaturated/α-hetero) is 1. The summed E-state index contributed by atoms with van der Waals surface area (Å²) in [6, 6.07) is 10.2. The van der Waals surface area contributed by atoms with E-state index in [-0.39, 0.29) is 17.1 Å². The van der Waals surface area contributed by atoms with Crippen molar-refractivity contribution in [2.75, 3.05) is 11.9 Å². The van der Waals surface area contributed by atoms with Crippen molar-refractivity contribution in [3.05, 3.63) is 64.0 Å². The molecule has 0 fully saturated rings. The van der Waals surface area contributed by atoms with Gasteiger partial charge < -0.3 is 4.90 Å². The lowest BCUT2D eigenvalue weighted by molar-refractivity contribution is -0.385. The number of hydrogen-bond donors (Lipinski definition) is 0. The normalized spacial score (nSPS) is 10.2. The maximum Gasteiger partial charge on any atom is 0.280 e. The number of nitro groups is 1. The Bertz CT molecular complexity index is 716. The molecule has 6 heteroatoms. The van der Waals surface area contributed by atoms with Gasteiger partial charge in [0.2, 0.25) is 0 Å². The van der Waals surface area contributed by atoms with Crippen LogP contribution < -0.4 is 4.90 Å². The van der Waals surface area contributed by atoms with Crippen LogP contribution >= 0.6 is 0 Å². The van der Waals surface area contributed by atoms with Crippen molar-refractivity contribution in [3.63, 3.8) is 0 Å². The monoisotopic (exact) mass is 288 g/mol. The Hall–Kier alpha value is -2.76. The van der Waals surface area contributed by atoms with E-state index in [4.69, 9.17) is 0 Å². The van der Waals surface area contributed by atoms with Gasteiger partial charge in [-0.25, -0.2) is 4.39 Å². The number of halogens is 1. The molecule has 0 unspecified atom stereocenters. The number of nitro benzene ring substituents is 1. The quantitative estimate of drug-likeness (QED) is 0.489. The zero-order valence-corrected chi connectivity index (χ0v) is 11.5. The van der Waals surface area contributed by atoms with Crippen LogP contribution in [-0.2, 0) is 0 Å². The molecular weight excluding hydrogens is 275 g/mol. The Morgan fingerprint density at radius 3 is 2.43 bits per heavy atom. The molecule has 108 valence electrons. The van der Waals surface area contributed by atoms with Crippen molar-refractivity contribution in [1.29, 1.82) is 0 Å². The minimum Gasteiger partial charge on any atom is -0.345 e. The molecule has 0 aliphatic rings. The van der Waals surface area contributed by atoms with Crippen LogP contribution in [0.4, 0.5) is 21.5 Å². The number of carbonyl (C=O) groups is 1. The van der Waals surface area contributed by atoms with Crippen LogP contribution in [0.2, 0.25) is 0 Å². The van der Waals surface area contributed by atoms with E-state index in [0.717, 1.165) is 0 Å². The van der Waals surface area contributed by atoms with E-state index in [0.29, 0.717) is 11.4 Å². The highest BCUT2D eigenvalue weighted by atomic mass is 19.1. The fourth-order valence-electron chi connectivity index (χ4n) is 2.01. The summed E-state index contributed by atoms with van der Waals surface area (Å²) in [7, 11) is 1.69. The van der Waals surface area contributed by atoms with Crippen LogP contribution in [0.25, 0.3) is 0 Å². The van der Waals surface area contributed by atoms with E-state index in [9.17, 15) is 19.3 Å². The van der Waals surface area contributed by atoms with Crippen molar-refractivity contribution in [2.24, 2.45) is 0 Å². The largest absolute Gasteiger partial charge is 0.345 e. The summed E-state index contributed by atoms with van der Waals surface area (Å²) in [5.74, 6) is -0.774. The molecule has 0 aromatic heterocycles. The first-order valence-corrected chi connectivity index (χ1v) is 6.19. The summed E-state index contributed by atoms with van der Waals surface area (Å²) in [5.41, 5.74) is 0.939. The second-order valence-electron chi connectivity index (χ2n) is 4.55. The van der Waals surface area contributed by atoms with Crippen molar-refractivity contribution in [2.45, 2.75) is 6.92 Å². The van der Waals surface area contributed by atoms with E-state index < -0.39 is 10.7 Å². The first-order valence-electron chi connectivity index (χ1n) is 6.19. The van der Waals surface area contributed by atoms with Gasteiger partial charge in [-0.2, -0.15) is 0 Å². The lowest BCUT2D eigenvalue weighted by Gasteiger charge is -2.20. The van der Waals surface area contributed by atoms with Gasteiger partial charge in [0, 0.05) is 24.5 Å². The van der Waals surface area contributed by atoms with Crippen LogP contribution in [0.5, 0.6) is 0 Å². The Morgan fingerprint density at radius 2 is 1.86 bits per heavy atom. The minimum atomic E-state index is -0.595. The predicted octanol–water partition coefficient (Wildman–Crippen LogP) is 3.70. The number of nitrogens with zero attached hydrogens (tertiary/aromatic N) is 2. The Morgan fingerprint density at radius 1 is 1.19 bits per heavy atom. The third kappa shape index (κ3) is 3.05. The number of hydrogen-bond acceptors (Lipinski definition) is 4. The first-order chi connectivity index (χ1) is 9.90. The zero-order chi connectivity index (χ0) is 15.6. The fraction of sp³-hybridized carbons (Fsp3) is 0.133. The van der Waals surface area contributed by atoms with Gasteiger partial charge in [0.25, 0.3) is 5.69 Å². The summed E-state index contributed by atoms with van der Waals surface area (Å²) in [6.07, 6.45) is 0. The molecule has 0 saturated carbocycles. The van der Waals surface area contributed by atoms with E-state index in [2.05, 4.69) is 0 Å². The SMILES string of the molecule is CC(=O)c1cc(N(C)c2cccc(F)c2)ccc1[N+](=O)[O-]. The summed E-state index contributed by atoms with van der Waals surface area (Å²) in [5, 5.41) is 10.9. The standard InChI is InChI=1S/C15H13FN2O3/c1-10(19)14-9-13(6-7-15(14)18(20)21)17(2)12-5-3-4-11(16)8-12/h3-9H,1-2H3. The van der Waals surface area contributed by atoms with E-state index >= 15 is 0 Å². The van der Waals surface area contributed by atoms with Crippen molar-refractivity contribution >= 4 is 22.8 Å². The lowest BCUT2D eigenvalue weighted by Crippen LogP contribution is -2.11. The molecule has 0 bridgehead atoms. The molecule has 0 aliphatic heterocycles. The molecule has 2 aromatic rings. The molecule has 21 heavy (non-hydrogen) atoms. The van der Waals surface area contributed by atoms with Gasteiger partial charge >= 0.3 is 0 Å². The summed E-state index contributed by atoms with van der Waals surface area (Å²) in [4.78, 5) is 23.5. The second-order valence-corrected chi connectivity index (χ2v) is 4.55. The van der Waals surface area contributed by atoms with Gasteiger partial charge in [-0.3, -0.25) is 14.9 Å². The highest BCUT2D eigenvalue weighted by molar-refractivity contribution is 5.99. The Labute approximate surface area is 120 Å². The predicted molar refractivity (Wildman–Crippen MR) is 77.6 cm³/mol. The molecule has 0 aliphatic carbocycles. The van der Waals surface area contributed by atoms with Crippen LogP contribution in [0.3, 0.4) is 0 Å². The van der Waals surface area contributed by atoms with Crippen LogP contribution in [0.1, 0.15) is 17.3 Å². The molecule has 0 atom stereocenters. The topological polar surface area (TPSA) is 63.5 Å². The molecule has 2 aromatic carbocycles. The van der Waals surface area contributed by atoms with Gasteiger partial charge in [0.05, 0.1) is 10.5 Å². The van der Waals surface area contributed by atoms with Crippen molar-refractivity contribution < 1.29 is 14.1 Å². The average molecular weight is 288 g/mol. The molecule has 0 N–H and O–H groups in total. The van der Waals surface area contributed by atoms with E-state index in [1.165, 1.54) is 37.3 Å². The number of anilines is 2. The van der Waals surface area contributed by atoms with Gasteiger partial charge in [0.1, 0.15) is 5.82 Å². The second kappa shape index (κ2) is 5.70. The van der Waals surface area contributed by atoms with Crippen LogP contribution in [0, 0.1) is 15.9 Å². The molecule has 5 nitrogen and oxygen atoms in total. The maximum absolute atomic E-state index is 13.3. The van der Waals surface area contributed by atoms with E-state index in [1.54, 1.807) is 24.1 Å². The third-order valence-electron chi connectivity index (χ3n) is 3.14. The minimum absolute atomic E-state index is 0.0285. The molecule has 0 saturated heterocycles. The molecular formula is C15H13FN2O3. The summed E-state index contributed by atoms with van der Waals surface area (Å²) in [6.45, 7) is 1.27. The van der Waals surface area contributed by atoms with Gasteiger partial charge in [0.15, 0.2) is 5.78 Å².